The van der Waals surface area contributed by atoms with Crippen LogP contribution in [0.15, 0.2) is 6.33 Å². The third-order valence-corrected chi connectivity index (χ3v) is 4.29. The minimum atomic E-state index is -0.0781. The van der Waals surface area contributed by atoms with E-state index >= 15 is 0 Å². The zero-order chi connectivity index (χ0) is 16.4. The van der Waals surface area contributed by atoms with Crippen LogP contribution in [0.3, 0.4) is 0 Å². The second-order valence-corrected chi connectivity index (χ2v) is 6.85. The molecule has 4 rings (SSSR count). The van der Waals surface area contributed by atoms with E-state index in [1.165, 1.54) is 6.33 Å². The van der Waals surface area contributed by atoms with Crippen molar-refractivity contribution in [3.8, 4) is 5.95 Å². The molecule has 0 aliphatic heterocycles. The Bertz CT molecular complexity index is 950. The van der Waals surface area contributed by atoms with E-state index in [1.54, 1.807) is 0 Å². The molecule has 1 aliphatic carbocycles. The number of hydrogen-bond acceptors (Lipinski definition) is 5. The average molecular weight is 312 g/mol. The van der Waals surface area contributed by atoms with Crippen LogP contribution in [0.4, 0.5) is 5.82 Å². The number of hydrogen-bond donors (Lipinski definition) is 3. The Hall–Kier alpha value is -2.77. The Morgan fingerprint density at radius 2 is 2.09 bits per heavy atom. The van der Waals surface area contributed by atoms with Crippen LogP contribution in [0, 0.1) is 12.3 Å². The number of Topliss-reactive ketones (excluding diaryl/α,β-unsaturated/α-hetero) is 1. The van der Waals surface area contributed by atoms with Gasteiger partial charge in [-0.15, -0.1) is 4.68 Å². The third kappa shape index (κ3) is 2.01. The topological polar surface area (TPSA) is 117 Å². The van der Waals surface area contributed by atoms with Gasteiger partial charge in [0, 0.05) is 12.8 Å². The number of aromatic nitrogens is 6. The second-order valence-electron chi connectivity index (χ2n) is 6.85. The standard InChI is InChI=1S/C15H17N7O/c1-7-10-8(4-15(2,3)5-9(10)23)22(21-7)14-19-11-12(16)17-6-18-13(11)20-14/h6H,4-5H2,1-3H3,(H3,16,17,18,19,20)/p+1. The number of carbonyl (C=O) groups is 1. The Morgan fingerprint density at radius 3 is 2.83 bits per heavy atom. The summed E-state index contributed by atoms with van der Waals surface area (Å²) in [6.45, 7) is 6.10. The molecule has 23 heavy (non-hydrogen) atoms. The van der Waals surface area contributed by atoms with Gasteiger partial charge in [-0.05, 0) is 17.3 Å². The van der Waals surface area contributed by atoms with Gasteiger partial charge in [-0.3, -0.25) is 4.79 Å². The number of ketones is 1. The van der Waals surface area contributed by atoms with Gasteiger partial charge in [-0.2, -0.15) is 4.98 Å². The third-order valence-electron chi connectivity index (χ3n) is 4.29. The highest BCUT2D eigenvalue weighted by atomic mass is 16.1. The maximum absolute atomic E-state index is 12.5. The fourth-order valence-corrected chi connectivity index (χ4v) is 3.32. The summed E-state index contributed by atoms with van der Waals surface area (Å²) in [5.74, 6) is 1.07. The second kappa shape index (κ2) is 4.37. The van der Waals surface area contributed by atoms with Crippen molar-refractivity contribution in [2.45, 2.75) is 33.6 Å². The summed E-state index contributed by atoms with van der Waals surface area (Å²) in [5.41, 5.74) is 9.43. The first-order valence-corrected chi connectivity index (χ1v) is 7.49. The van der Waals surface area contributed by atoms with Crippen molar-refractivity contribution in [3.05, 3.63) is 23.3 Å². The zero-order valence-corrected chi connectivity index (χ0v) is 13.3. The van der Waals surface area contributed by atoms with Gasteiger partial charge in [0.05, 0.1) is 11.3 Å². The highest BCUT2D eigenvalue weighted by Gasteiger charge is 2.38. The van der Waals surface area contributed by atoms with Crippen LogP contribution in [0.5, 0.6) is 0 Å². The van der Waals surface area contributed by atoms with Gasteiger partial charge in [-0.1, -0.05) is 13.8 Å². The molecule has 0 spiro atoms. The Labute approximate surface area is 132 Å². The normalized spacial score (nSPS) is 16.7. The van der Waals surface area contributed by atoms with E-state index in [-0.39, 0.29) is 11.2 Å². The number of aryl methyl sites for hydroxylation is 1. The van der Waals surface area contributed by atoms with E-state index in [0.29, 0.717) is 29.4 Å². The number of H-pyrrole nitrogens is 2. The summed E-state index contributed by atoms with van der Waals surface area (Å²) in [6.07, 6.45) is 2.73. The van der Waals surface area contributed by atoms with Crippen molar-refractivity contribution in [1.82, 2.24) is 25.0 Å². The molecule has 0 saturated carbocycles. The Balaban J connectivity index is 1.94. The molecule has 8 heteroatoms. The molecular weight excluding hydrogens is 294 g/mol. The highest BCUT2D eigenvalue weighted by Crippen LogP contribution is 2.34. The molecule has 3 aromatic rings. The predicted molar refractivity (Wildman–Crippen MR) is 83.1 cm³/mol. The van der Waals surface area contributed by atoms with Crippen LogP contribution in [-0.4, -0.2) is 30.8 Å². The van der Waals surface area contributed by atoms with Crippen molar-refractivity contribution in [3.63, 3.8) is 0 Å². The first kappa shape index (κ1) is 13.9. The number of nitrogens with two attached hydrogens (primary N) is 1. The average Bonchev–Trinajstić information content (AvgIpc) is 3.00. The van der Waals surface area contributed by atoms with Crippen molar-refractivity contribution < 1.29 is 9.48 Å². The quantitative estimate of drug-likeness (QED) is 0.580. The molecule has 8 nitrogen and oxygen atoms in total. The minimum absolute atomic E-state index is 0.0781. The number of aromatic amines is 2. The summed E-state index contributed by atoms with van der Waals surface area (Å²) >= 11 is 0. The van der Waals surface area contributed by atoms with E-state index in [4.69, 9.17) is 5.73 Å². The van der Waals surface area contributed by atoms with Crippen molar-refractivity contribution in [2.24, 2.45) is 5.41 Å². The number of fused-ring (bicyclic) bond motifs is 2. The van der Waals surface area contributed by atoms with Gasteiger partial charge in [0.25, 0.3) is 5.65 Å². The van der Waals surface area contributed by atoms with Gasteiger partial charge < -0.3 is 5.73 Å². The Kier molecular flexibility index (Phi) is 2.64. The predicted octanol–water partition coefficient (Wildman–Crippen LogP) is 1.00. The van der Waals surface area contributed by atoms with Crippen LogP contribution in [0.1, 0.15) is 42.0 Å². The summed E-state index contributed by atoms with van der Waals surface area (Å²) < 4.78 is 1.82. The first-order valence-electron chi connectivity index (χ1n) is 7.49. The lowest BCUT2D eigenvalue weighted by atomic mass is 9.75. The molecule has 3 heterocycles. The number of nitrogens with one attached hydrogen (secondary N) is 2. The SMILES string of the molecule is Cc1[nH][n+](-c2nc3ncnc(N)c3[nH]2)c2c1C(=O)CC(C)(C)C2. The largest absolute Gasteiger partial charge is 0.421 e. The van der Waals surface area contributed by atoms with Crippen molar-refractivity contribution in [2.75, 3.05) is 5.73 Å². The number of anilines is 1. The van der Waals surface area contributed by atoms with E-state index in [0.717, 1.165) is 23.4 Å². The molecule has 0 amide bonds. The maximum atomic E-state index is 12.5. The van der Waals surface area contributed by atoms with Crippen LogP contribution in [0.2, 0.25) is 0 Å². The lowest BCUT2D eigenvalue weighted by Gasteiger charge is -2.27. The molecule has 0 unspecified atom stereocenters. The van der Waals surface area contributed by atoms with Crippen LogP contribution < -0.4 is 10.4 Å². The van der Waals surface area contributed by atoms with Crippen LogP contribution in [0.25, 0.3) is 17.1 Å². The maximum Gasteiger partial charge on any atom is 0.421 e. The summed E-state index contributed by atoms with van der Waals surface area (Å²) in [6, 6.07) is 0. The number of nitrogen functional groups attached to an aromatic ring is 1. The zero-order valence-electron chi connectivity index (χ0n) is 13.3. The van der Waals surface area contributed by atoms with Gasteiger partial charge >= 0.3 is 5.95 Å². The highest BCUT2D eigenvalue weighted by molar-refractivity contribution is 5.99. The molecule has 0 saturated heterocycles. The van der Waals surface area contributed by atoms with Crippen molar-refractivity contribution in [1.29, 1.82) is 0 Å². The number of carbonyl (C=O) groups excluding carboxylic acids is 1. The minimum Gasteiger partial charge on any atom is -0.381 e. The summed E-state index contributed by atoms with van der Waals surface area (Å²) in [4.78, 5) is 28.2. The molecule has 0 atom stereocenters. The van der Waals surface area contributed by atoms with E-state index in [9.17, 15) is 4.79 Å². The number of nitrogens with zero attached hydrogens (tertiary/aromatic N) is 4. The van der Waals surface area contributed by atoms with Crippen molar-refractivity contribution >= 4 is 22.8 Å². The molecule has 0 radical (unpaired) electrons. The number of rotatable bonds is 1. The van der Waals surface area contributed by atoms with E-state index in [2.05, 4.69) is 38.9 Å². The fraction of sp³-hybridized carbons (Fsp3) is 0.400. The number of imidazole rings is 1. The molecule has 118 valence electrons. The molecule has 0 aromatic carbocycles. The van der Waals surface area contributed by atoms with Crippen LogP contribution in [-0.2, 0) is 6.42 Å². The molecule has 1 aliphatic rings. The molecule has 3 aromatic heterocycles. The smallest absolute Gasteiger partial charge is 0.381 e. The molecule has 0 bridgehead atoms. The monoisotopic (exact) mass is 312 g/mol. The summed E-state index contributed by atoms with van der Waals surface area (Å²) in [5, 5.41) is 3.23. The van der Waals surface area contributed by atoms with Gasteiger partial charge in [0.1, 0.15) is 12.0 Å². The van der Waals surface area contributed by atoms with E-state index < -0.39 is 0 Å². The summed E-state index contributed by atoms with van der Waals surface area (Å²) in [7, 11) is 0. The lowest BCUT2D eigenvalue weighted by molar-refractivity contribution is -0.670. The van der Waals surface area contributed by atoms with Gasteiger partial charge in [0.15, 0.2) is 11.6 Å². The Morgan fingerprint density at radius 1 is 1.30 bits per heavy atom. The fourth-order valence-electron chi connectivity index (χ4n) is 3.32. The van der Waals surface area contributed by atoms with E-state index in [1.807, 2.05) is 11.6 Å². The van der Waals surface area contributed by atoms with Crippen LogP contribution >= 0.6 is 0 Å². The molecular formula is C15H18N7O+. The van der Waals surface area contributed by atoms with Gasteiger partial charge in [-0.25, -0.2) is 15.1 Å². The van der Waals surface area contributed by atoms with Gasteiger partial charge in [0.2, 0.25) is 5.52 Å². The molecule has 4 N–H and O–H groups in total. The molecule has 0 fully saturated rings. The lowest BCUT2D eigenvalue weighted by Crippen LogP contribution is -2.42. The first-order chi connectivity index (χ1) is 10.9.